The number of nitrogens with one attached hydrogen (secondary N) is 1. The first-order valence-corrected chi connectivity index (χ1v) is 7.03. The molecule has 0 aromatic heterocycles. The van der Waals surface area contributed by atoms with Gasteiger partial charge in [-0.25, -0.2) is 0 Å². The normalized spacial score (nSPS) is 11.7. The molecule has 0 unspecified atom stereocenters. The molecule has 0 aliphatic carbocycles. The molecule has 0 fully saturated rings. The van der Waals surface area contributed by atoms with Crippen molar-refractivity contribution in [2.75, 3.05) is 11.9 Å². The molecule has 2 aromatic carbocycles. The Labute approximate surface area is 124 Å². The van der Waals surface area contributed by atoms with Gasteiger partial charge in [-0.3, -0.25) is 4.79 Å². The maximum absolute atomic E-state index is 11.9. The van der Waals surface area contributed by atoms with Crippen molar-refractivity contribution in [2.45, 2.75) is 19.4 Å². The van der Waals surface area contributed by atoms with E-state index >= 15 is 0 Å². The Morgan fingerprint density at radius 2 is 1.81 bits per heavy atom. The molecule has 0 bridgehead atoms. The first-order valence-electron chi connectivity index (χ1n) is 7.03. The molecule has 0 saturated heterocycles. The molecular formula is C17H20N2O2. The second-order valence-electron chi connectivity index (χ2n) is 4.76. The Kier molecular flexibility index (Phi) is 5.35. The molecular weight excluding hydrogens is 264 g/mol. The Morgan fingerprint density at radius 3 is 2.52 bits per heavy atom. The van der Waals surface area contributed by atoms with Crippen LogP contribution in [0, 0.1) is 0 Å². The Morgan fingerprint density at radius 1 is 1.14 bits per heavy atom. The largest absolute Gasteiger partial charge is 0.483 e. The van der Waals surface area contributed by atoms with E-state index in [9.17, 15) is 4.79 Å². The zero-order valence-corrected chi connectivity index (χ0v) is 12.1. The summed E-state index contributed by atoms with van der Waals surface area (Å²) >= 11 is 0. The van der Waals surface area contributed by atoms with Gasteiger partial charge in [0.1, 0.15) is 5.75 Å². The molecule has 1 atom stereocenters. The summed E-state index contributed by atoms with van der Waals surface area (Å²) < 4.78 is 5.60. The number of benzene rings is 2. The van der Waals surface area contributed by atoms with Crippen molar-refractivity contribution >= 4 is 11.6 Å². The van der Waals surface area contributed by atoms with Gasteiger partial charge in [-0.15, -0.1) is 0 Å². The lowest BCUT2D eigenvalue weighted by molar-refractivity contribution is -0.118. The van der Waals surface area contributed by atoms with Crippen LogP contribution in [-0.4, -0.2) is 12.5 Å². The topological polar surface area (TPSA) is 64.3 Å². The zero-order valence-electron chi connectivity index (χ0n) is 12.1. The van der Waals surface area contributed by atoms with Crippen LogP contribution in [0.5, 0.6) is 5.75 Å². The molecule has 4 heteroatoms. The second kappa shape index (κ2) is 7.45. The standard InChI is InChI=1S/C17H20N2O2/c1-2-15(18)14-10-6-7-11-16(14)21-12-17(20)19-13-8-4-3-5-9-13/h3-11,15H,2,12,18H2,1H3,(H,19,20)/t15-/m1/s1. The summed E-state index contributed by atoms with van der Waals surface area (Å²) in [6.07, 6.45) is 0.816. The maximum atomic E-state index is 11.9. The van der Waals surface area contributed by atoms with Crippen LogP contribution in [0.4, 0.5) is 5.69 Å². The van der Waals surface area contributed by atoms with Gasteiger partial charge in [-0.2, -0.15) is 0 Å². The third-order valence-corrected chi connectivity index (χ3v) is 3.17. The number of rotatable bonds is 6. The number of para-hydroxylation sites is 2. The highest BCUT2D eigenvalue weighted by molar-refractivity contribution is 5.91. The summed E-state index contributed by atoms with van der Waals surface area (Å²) in [5.74, 6) is 0.469. The van der Waals surface area contributed by atoms with E-state index in [1.807, 2.05) is 61.5 Å². The van der Waals surface area contributed by atoms with Gasteiger partial charge in [0.25, 0.3) is 5.91 Å². The fourth-order valence-electron chi connectivity index (χ4n) is 2.00. The lowest BCUT2D eigenvalue weighted by atomic mass is 10.0. The maximum Gasteiger partial charge on any atom is 0.262 e. The van der Waals surface area contributed by atoms with Crippen molar-refractivity contribution in [3.8, 4) is 5.75 Å². The van der Waals surface area contributed by atoms with E-state index in [1.165, 1.54) is 0 Å². The highest BCUT2D eigenvalue weighted by Crippen LogP contribution is 2.25. The van der Waals surface area contributed by atoms with Gasteiger partial charge in [-0.1, -0.05) is 43.3 Å². The van der Waals surface area contributed by atoms with E-state index in [-0.39, 0.29) is 18.6 Å². The van der Waals surface area contributed by atoms with Gasteiger partial charge in [-0.05, 0) is 24.6 Å². The predicted molar refractivity (Wildman–Crippen MR) is 84.2 cm³/mol. The van der Waals surface area contributed by atoms with Gasteiger partial charge in [0.15, 0.2) is 6.61 Å². The van der Waals surface area contributed by atoms with Crippen molar-refractivity contribution in [3.63, 3.8) is 0 Å². The van der Waals surface area contributed by atoms with Crippen molar-refractivity contribution in [1.29, 1.82) is 0 Å². The molecule has 0 aliphatic rings. The van der Waals surface area contributed by atoms with E-state index in [0.29, 0.717) is 5.75 Å². The van der Waals surface area contributed by atoms with Crippen LogP contribution in [0.2, 0.25) is 0 Å². The Hall–Kier alpha value is -2.33. The number of hydrogen-bond acceptors (Lipinski definition) is 3. The molecule has 0 aliphatic heterocycles. The number of ether oxygens (including phenoxy) is 1. The summed E-state index contributed by atoms with van der Waals surface area (Å²) in [5, 5.41) is 2.78. The molecule has 3 N–H and O–H groups in total. The average Bonchev–Trinajstić information content (AvgIpc) is 2.53. The number of hydrogen-bond donors (Lipinski definition) is 2. The van der Waals surface area contributed by atoms with Gasteiger partial charge in [0.2, 0.25) is 0 Å². The first kappa shape index (κ1) is 15.1. The van der Waals surface area contributed by atoms with E-state index in [1.54, 1.807) is 0 Å². The lowest BCUT2D eigenvalue weighted by Crippen LogP contribution is -2.21. The highest BCUT2D eigenvalue weighted by Gasteiger charge is 2.11. The molecule has 0 saturated carbocycles. The molecule has 0 spiro atoms. The number of carbonyl (C=O) groups excluding carboxylic acids is 1. The molecule has 0 radical (unpaired) electrons. The first-order chi connectivity index (χ1) is 10.2. The number of carbonyl (C=O) groups is 1. The van der Waals surface area contributed by atoms with Crippen LogP contribution >= 0.6 is 0 Å². The Bertz CT molecular complexity index is 584. The van der Waals surface area contributed by atoms with Gasteiger partial charge in [0, 0.05) is 17.3 Å². The number of amides is 1. The third-order valence-electron chi connectivity index (χ3n) is 3.17. The molecule has 0 heterocycles. The Balaban J connectivity index is 1.95. The van der Waals surface area contributed by atoms with Crippen molar-refractivity contribution < 1.29 is 9.53 Å². The van der Waals surface area contributed by atoms with Crippen LogP contribution < -0.4 is 15.8 Å². The summed E-state index contributed by atoms with van der Waals surface area (Å²) in [7, 11) is 0. The predicted octanol–water partition coefficient (Wildman–Crippen LogP) is 3.11. The molecule has 4 nitrogen and oxygen atoms in total. The van der Waals surface area contributed by atoms with Crippen molar-refractivity contribution in [3.05, 3.63) is 60.2 Å². The highest BCUT2D eigenvalue weighted by atomic mass is 16.5. The van der Waals surface area contributed by atoms with E-state index in [0.717, 1.165) is 17.7 Å². The minimum Gasteiger partial charge on any atom is -0.483 e. The fraction of sp³-hybridized carbons (Fsp3) is 0.235. The van der Waals surface area contributed by atoms with E-state index in [2.05, 4.69) is 5.32 Å². The zero-order chi connectivity index (χ0) is 15.1. The van der Waals surface area contributed by atoms with Crippen molar-refractivity contribution in [2.24, 2.45) is 5.73 Å². The van der Waals surface area contributed by atoms with Gasteiger partial charge < -0.3 is 15.8 Å². The molecule has 1 amide bonds. The smallest absolute Gasteiger partial charge is 0.262 e. The average molecular weight is 284 g/mol. The van der Waals surface area contributed by atoms with Gasteiger partial charge in [0.05, 0.1) is 0 Å². The number of anilines is 1. The second-order valence-corrected chi connectivity index (χ2v) is 4.76. The number of nitrogens with two attached hydrogens (primary N) is 1. The van der Waals surface area contributed by atoms with Crippen LogP contribution in [0.1, 0.15) is 24.9 Å². The summed E-state index contributed by atoms with van der Waals surface area (Å²) in [6.45, 7) is 1.98. The molecule has 2 rings (SSSR count). The quantitative estimate of drug-likeness (QED) is 0.856. The van der Waals surface area contributed by atoms with Crippen LogP contribution in [-0.2, 0) is 4.79 Å². The third kappa shape index (κ3) is 4.33. The minimum atomic E-state index is -0.193. The lowest BCUT2D eigenvalue weighted by Gasteiger charge is -2.15. The molecule has 2 aromatic rings. The summed E-state index contributed by atoms with van der Waals surface area (Å²) in [4.78, 5) is 11.9. The van der Waals surface area contributed by atoms with Crippen LogP contribution in [0.15, 0.2) is 54.6 Å². The van der Waals surface area contributed by atoms with E-state index in [4.69, 9.17) is 10.5 Å². The SMILES string of the molecule is CC[C@@H](N)c1ccccc1OCC(=O)Nc1ccccc1. The molecule has 110 valence electrons. The fourth-order valence-corrected chi connectivity index (χ4v) is 2.00. The molecule has 21 heavy (non-hydrogen) atoms. The summed E-state index contributed by atoms with van der Waals surface area (Å²) in [6, 6.07) is 16.8. The van der Waals surface area contributed by atoms with Crippen molar-refractivity contribution in [1.82, 2.24) is 0 Å². The monoisotopic (exact) mass is 284 g/mol. The van der Waals surface area contributed by atoms with Gasteiger partial charge >= 0.3 is 0 Å². The van der Waals surface area contributed by atoms with Crippen LogP contribution in [0.3, 0.4) is 0 Å². The van der Waals surface area contributed by atoms with Crippen LogP contribution in [0.25, 0.3) is 0 Å². The minimum absolute atomic E-state index is 0.0393. The van der Waals surface area contributed by atoms with E-state index < -0.39 is 0 Å². The summed E-state index contributed by atoms with van der Waals surface area (Å²) in [5.41, 5.74) is 7.72.